The summed E-state index contributed by atoms with van der Waals surface area (Å²) in [6.07, 6.45) is 0. The summed E-state index contributed by atoms with van der Waals surface area (Å²) in [5, 5.41) is 6.79. The fraction of sp³-hybridized carbons (Fsp3) is 0. The van der Waals surface area contributed by atoms with Crippen molar-refractivity contribution >= 4 is 43.4 Å². The molecule has 2 heterocycles. The van der Waals surface area contributed by atoms with Gasteiger partial charge in [-0.1, -0.05) is 164 Å². The number of aromatic nitrogens is 4. The third-order valence-electron chi connectivity index (χ3n) is 9.86. The Bertz CT molecular complexity index is 2860. The second-order valence-electron chi connectivity index (χ2n) is 12.8. The van der Waals surface area contributed by atoms with E-state index in [0.29, 0.717) is 17.6 Å². The van der Waals surface area contributed by atoms with Gasteiger partial charge in [0.1, 0.15) is 0 Å². The summed E-state index contributed by atoms with van der Waals surface area (Å²) in [6.45, 7) is 0. The van der Waals surface area contributed by atoms with Crippen molar-refractivity contribution in [3.8, 4) is 51.0 Å². The minimum Gasteiger partial charge on any atom is -0.278 e. The smallest absolute Gasteiger partial charge is 0.238 e. The van der Waals surface area contributed by atoms with E-state index in [4.69, 9.17) is 15.0 Å². The molecule has 10 rings (SSSR count). The molecule has 0 bridgehead atoms. The molecule has 0 N–H and O–H groups in total. The monoisotopic (exact) mass is 650 g/mol. The molecule has 0 atom stereocenters. The third kappa shape index (κ3) is 4.88. The van der Waals surface area contributed by atoms with Crippen LogP contribution in [0.2, 0.25) is 0 Å². The number of nitrogens with zero attached hydrogens (tertiary/aromatic N) is 4. The number of benzene rings is 8. The highest BCUT2D eigenvalue weighted by Gasteiger charge is 2.20. The maximum absolute atomic E-state index is 5.34. The Kier molecular flexibility index (Phi) is 6.78. The van der Waals surface area contributed by atoms with Crippen LogP contribution in [-0.4, -0.2) is 19.5 Å². The summed E-state index contributed by atoms with van der Waals surface area (Å²) >= 11 is 0. The average molecular weight is 651 g/mol. The number of rotatable bonds is 5. The van der Waals surface area contributed by atoms with Gasteiger partial charge in [-0.3, -0.25) is 4.57 Å². The maximum atomic E-state index is 5.34. The number of hydrogen-bond donors (Lipinski definition) is 0. The van der Waals surface area contributed by atoms with Crippen molar-refractivity contribution in [1.82, 2.24) is 19.5 Å². The first kappa shape index (κ1) is 29.0. The van der Waals surface area contributed by atoms with Gasteiger partial charge in [-0.2, -0.15) is 9.97 Å². The Balaban J connectivity index is 1.27. The van der Waals surface area contributed by atoms with E-state index in [1.54, 1.807) is 0 Å². The summed E-state index contributed by atoms with van der Waals surface area (Å²) < 4.78 is 2.18. The van der Waals surface area contributed by atoms with Crippen molar-refractivity contribution in [2.45, 2.75) is 0 Å². The van der Waals surface area contributed by atoms with Crippen molar-refractivity contribution in [1.29, 1.82) is 0 Å². The third-order valence-corrected chi connectivity index (χ3v) is 9.86. The lowest BCUT2D eigenvalue weighted by molar-refractivity contribution is 0.955. The summed E-state index contributed by atoms with van der Waals surface area (Å²) in [6, 6.07) is 63.9. The van der Waals surface area contributed by atoms with Crippen molar-refractivity contribution in [2.24, 2.45) is 0 Å². The van der Waals surface area contributed by atoms with Gasteiger partial charge in [-0.25, -0.2) is 4.98 Å². The van der Waals surface area contributed by atoms with E-state index < -0.39 is 0 Å². The zero-order valence-corrected chi connectivity index (χ0v) is 27.6. The Hall–Kier alpha value is -6.91. The fourth-order valence-electron chi connectivity index (χ4n) is 7.53. The van der Waals surface area contributed by atoms with Crippen molar-refractivity contribution in [3.63, 3.8) is 0 Å². The molecule has 0 saturated heterocycles. The van der Waals surface area contributed by atoms with Gasteiger partial charge in [0.2, 0.25) is 5.95 Å². The summed E-state index contributed by atoms with van der Waals surface area (Å²) in [7, 11) is 0. The van der Waals surface area contributed by atoms with Gasteiger partial charge in [-0.15, -0.1) is 0 Å². The lowest BCUT2D eigenvalue weighted by Crippen LogP contribution is -2.07. The molecule has 10 aromatic rings. The quantitative estimate of drug-likeness (QED) is 0.186. The van der Waals surface area contributed by atoms with E-state index in [-0.39, 0.29) is 0 Å². The molecule has 51 heavy (non-hydrogen) atoms. The van der Waals surface area contributed by atoms with Crippen LogP contribution in [0.25, 0.3) is 94.3 Å². The lowest BCUT2D eigenvalue weighted by atomic mass is 9.92. The first-order chi connectivity index (χ1) is 25.3. The van der Waals surface area contributed by atoms with Crippen LogP contribution in [0.5, 0.6) is 0 Å². The molecule has 4 nitrogen and oxygen atoms in total. The van der Waals surface area contributed by atoms with Crippen molar-refractivity contribution < 1.29 is 0 Å². The molecular weight excluding hydrogens is 621 g/mol. The Morgan fingerprint density at radius 1 is 0.333 bits per heavy atom. The fourth-order valence-corrected chi connectivity index (χ4v) is 7.53. The van der Waals surface area contributed by atoms with Gasteiger partial charge in [0.15, 0.2) is 11.6 Å². The average Bonchev–Trinajstić information content (AvgIpc) is 3.55. The number of hydrogen-bond acceptors (Lipinski definition) is 3. The van der Waals surface area contributed by atoms with E-state index in [1.807, 2.05) is 0 Å². The minimum absolute atomic E-state index is 0.584. The topological polar surface area (TPSA) is 43.6 Å². The van der Waals surface area contributed by atoms with Gasteiger partial charge < -0.3 is 0 Å². The normalized spacial score (nSPS) is 11.5. The molecule has 0 aliphatic rings. The van der Waals surface area contributed by atoms with Crippen molar-refractivity contribution in [2.75, 3.05) is 0 Å². The number of fused-ring (bicyclic) bond motifs is 5. The molecule has 0 saturated carbocycles. The molecule has 2 aromatic heterocycles. The molecule has 0 radical (unpaired) electrons. The van der Waals surface area contributed by atoms with E-state index in [1.165, 1.54) is 11.1 Å². The Morgan fingerprint density at radius 2 is 0.843 bits per heavy atom. The van der Waals surface area contributed by atoms with Crippen LogP contribution in [0.1, 0.15) is 0 Å². The van der Waals surface area contributed by atoms with Crippen LogP contribution in [-0.2, 0) is 0 Å². The van der Waals surface area contributed by atoms with E-state index in [9.17, 15) is 0 Å². The first-order valence-electron chi connectivity index (χ1n) is 17.2. The van der Waals surface area contributed by atoms with E-state index >= 15 is 0 Å². The number of para-hydroxylation sites is 2. The van der Waals surface area contributed by atoms with Gasteiger partial charge in [0.05, 0.1) is 11.0 Å². The van der Waals surface area contributed by atoms with Gasteiger partial charge in [-0.05, 0) is 56.6 Å². The zero-order chi connectivity index (χ0) is 33.7. The van der Waals surface area contributed by atoms with Crippen LogP contribution in [0.4, 0.5) is 0 Å². The van der Waals surface area contributed by atoms with Gasteiger partial charge >= 0.3 is 0 Å². The molecule has 4 heteroatoms. The molecule has 0 amide bonds. The summed E-state index contributed by atoms with van der Waals surface area (Å²) in [4.78, 5) is 15.9. The molecule has 8 aromatic carbocycles. The van der Waals surface area contributed by atoms with Crippen LogP contribution >= 0.6 is 0 Å². The second kappa shape index (κ2) is 11.9. The predicted molar refractivity (Wildman–Crippen MR) is 211 cm³/mol. The predicted octanol–water partition coefficient (Wildman–Crippen LogP) is 11.9. The Labute approximate surface area is 295 Å². The maximum Gasteiger partial charge on any atom is 0.238 e. The minimum atomic E-state index is 0.584. The van der Waals surface area contributed by atoms with Gasteiger partial charge in [0, 0.05) is 27.3 Å². The molecule has 0 fully saturated rings. The second-order valence-corrected chi connectivity index (χ2v) is 12.8. The van der Waals surface area contributed by atoms with E-state index in [2.05, 4.69) is 187 Å². The lowest BCUT2D eigenvalue weighted by Gasteiger charge is -2.15. The van der Waals surface area contributed by atoms with Crippen molar-refractivity contribution in [3.05, 3.63) is 182 Å². The molecule has 0 spiro atoms. The van der Waals surface area contributed by atoms with Gasteiger partial charge in [0.25, 0.3) is 0 Å². The zero-order valence-electron chi connectivity index (χ0n) is 27.6. The van der Waals surface area contributed by atoms with Crippen LogP contribution in [0, 0.1) is 0 Å². The molecule has 0 aliphatic heterocycles. The molecule has 238 valence electrons. The standard InChI is InChI=1S/C47H30N4/c1-2-14-31(15-3-1)34-20-10-21-35(30-34)37-25-12-18-33-19-13-27-41(44(33)37)46-48-45(40-26-11-17-32-16-4-5-22-36(32)40)49-47(50-46)51-42-28-8-6-23-38(42)39-24-7-9-29-43(39)51/h1-30H. The molecule has 0 unspecified atom stereocenters. The SMILES string of the molecule is c1ccc(-c2cccc(-c3cccc4cccc(-c5nc(-c6cccc7ccccc67)nc(-n6c7ccccc7c7ccccc76)n5)c34)c2)cc1. The Morgan fingerprint density at radius 3 is 1.59 bits per heavy atom. The first-order valence-corrected chi connectivity index (χ1v) is 17.2. The summed E-state index contributed by atoms with van der Waals surface area (Å²) in [5.41, 5.74) is 8.66. The molecular formula is C47H30N4. The van der Waals surface area contributed by atoms with Crippen LogP contribution < -0.4 is 0 Å². The highest BCUT2D eigenvalue weighted by Crippen LogP contribution is 2.39. The summed E-state index contributed by atoms with van der Waals surface area (Å²) in [5.74, 6) is 1.84. The largest absolute Gasteiger partial charge is 0.278 e. The highest BCUT2D eigenvalue weighted by atomic mass is 15.2. The molecule has 0 aliphatic carbocycles. The van der Waals surface area contributed by atoms with Crippen LogP contribution in [0.15, 0.2) is 182 Å². The van der Waals surface area contributed by atoms with Crippen LogP contribution in [0.3, 0.4) is 0 Å². The highest BCUT2D eigenvalue weighted by molar-refractivity contribution is 6.09. The van der Waals surface area contributed by atoms with E-state index in [0.717, 1.165) is 65.6 Å².